The zero-order valence-corrected chi connectivity index (χ0v) is 14.0. The number of thioether (sulfide) groups is 1. The number of aryl methyl sites for hydroxylation is 1. The van der Waals surface area contributed by atoms with Gasteiger partial charge in [-0.05, 0) is 37.8 Å². The molecule has 2 aromatic rings. The standard InChI is InChI=1S/C14H22N4S2/c1-10-9-11-12(16-7-5-4-6-8-19-3)17-14(15-2)18-13(11)20-10/h9H,4-8H2,1-3H3,(H2,15,16,17,18). The van der Waals surface area contributed by atoms with Gasteiger partial charge < -0.3 is 10.6 Å². The van der Waals surface area contributed by atoms with Gasteiger partial charge in [-0.2, -0.15) is 16.7 Å². The van der Waals surface area contributed by atoms with E-state index >= 15 is 0 Å². The van der Waals surface area contributed by atoms with E-state index in [2.05, 4.69) is 39.8 Å². The summed E-state index contributed by atoms with van der Waals surface area (Å²) in [5.41, 5.74) is 0. The second-order valence-electron chi connectivity index (χ2n) is 4.70. The molecule has 2 N–H and O–H groups in total. The Hall–Kier alpha value is -1.01. The zero-order valence-electron chi connectivity index (χ0n) is 12.3. The lowest BCUT2D eigenvalue weighted by molar-refractivity contribution is 0.748. The number of nitrogens with one attached hydrogen (secondary N) is 2. The molecule has 6 heteroatoms. The van der Waals surface area contributed by atoms with E-state index in [4.69, 9.17) is 0 Å². The maximum Gasteiger partial charge on any atom is 0.225 e. The first-order valence-electron chi connectivity index (χ1n) is 6.93. The van der Waals surface area contributed by atoms with E-state index in [-0.39, 0.29) is 0 Å². The first kappa shape index (κ1) is 15.4. The third-order valence-electron chi connectivity index (χ3n) is 3.06. The number of nitrogens with zero attached hydrogens (tertiary/aromatic N) is 2. The highest BCUT2D eigenvalue weighted by Crippen LogP contribution is 2.29. The van der Waals surface area contributed by atoms with Crippen LogP contribution >= 0.6 is 23.1 Å². The fourth-order valence-electron chi connectivity index (χ4n) is 2.04. The monoisotopic (exact) mass is 310 g/mol. The fraction of sp³-hybridized carbons (Fsp3) is 0.571. The molecule has 0 radical (unpaired) electrons. The summed E-state index contributed by atoms with van der Waals surface area (Å²) in [6.07, 6.45) is 5.91. The molecular formula is C14H22N4S2. The van der Waals surface area contributed by atoms with Gasteiger partial charge in [-0.3, -0.25) is 0 Å². The zero-order chi connectivity index (χ0) is 14.4. The minimum atomic E-state index is 0.684. The molecule has 110 valence electrons. The summed E-state index contributed by atoms with van der Waals surface area (Å²) >= 11 is 3.63. The van der Waals surface area contributed by atoms with Crippen molar-refractivity contribution in [1.82, 2.24) is 9.97 Å². The van der Waals surface area contributed by atoms with Crippen LogP contribution in [0.25, 0.3) is 10.2 Å². The Morgan fingerprint density at radius 1 is 1.25 bits per heavy atom. The minimum absolute atomic E-state index is 0.684. The summed E-state index contributed by atoms with van der Waals surface area (Å²) in [4.78, 5) is 11.4. The predicted octanol–water partition coefficient (Wildman–Crippen LogP) is 3.99. The Bertz CT molecular complexity index is 553. The number of fused-ring (bicyclic) bond motifs is 1. The summed E-state index contributed by atoms with van der Waals surface area (Å²) in [5.74, 6) is 2.89. The number of hydrogen-bond acceptors (Lipinski definition) is 6. The van der Waals surface area contributed by atoms with Crippen molar-refractivity contribution >= 4 is 45.1 Å². The van der Waals surface area contributed by atoms with Crippen molar-refractivity contribution in [3.63, 3.8) is 0 Å². The van der Waals surface area contributed by atoms with Crippen LogP contribution in [-0.2, 0) is 0 Å². The lowest BCUT2D eigenvalue weighted by Crippen LogP contribution is -2.06. The van der Waals surface area contributed by atoms with Crippen LogP contribution in [0.1, 0.15) is 24.1 Å². The second-order valence-corrected chi connectivity index (χ2v) is 6.92. The molecule has 0 unspecified atom stereocenters. The number of unbranched alkanes of at least 4 members (excludes halogenated alkanes) is 2. The molecule has 0 atom stereocenters. The van der Waals surface area contributed by atoms with Crippen LogP contribution in [0.15, 0.2) is 6.07 Å². The SMILES string of the molecule is CNc1nc(NCCCCCSC)c2cc(C)sc2n1. The molecule has 0 spiro atoms. The van der Waals surface area contributed by atoms with Crippen LogP contribution in [0.4, 0.5) is 11.8 Å². The largest absolute Gasteiger partial charge is 0.369 e. The smallest absolute Gasteiger partial charge is 0.225 e. The number of anilines is 2. The van der Waals surface area contributed by atoms with Crippen LogP contribution in [-0.4, -0.2) is 35.6 Å². The molecule has 4 nitrogen and oxygen atoms in total. The minimum Gasteiger partial charge on any atom is -0.369 e. The second kappa shape index (κ2) is 7.69. The Morgan fingerprint density at radius 2 is 2.10 bits per heavy atom. The molecule has 2 heterocycles. The van der Waals surface area contributed by atoms with E-state index in [9.17, 15) is 0 Å². The van der Waals surface area contributed by atoms with Crippen LogP contribution in [0, 0.1) is 6.92 Å². The normalized spacial score (nSPS) is 10.9. The number of hydrogen-bond donors (Lipinski definition) is 2. The van der Waals surface area contributed by atoms with E-state index in [1.54, 1.807) is 11.3 Å². The van der Waals surface area contributed by atoms with E-state index in [1.807, 2.05) is 18.8 Å². The summed E-state index contributed by atoms with van der Waals surface area (Å²) in [7, 11) is 1.85. The van der Waals surface area contributed by atoms with Crippen LogP contribution in [0.5, 0.6) is 0 Å². The van der Waals surface area contributed by atoms with Gasteiger partial charge in [0.1, 0.15) is 10.6 Å². The van der Waals surface area contributed by atoms with Crippen molar-refractivity contribution < 1.29 is 0 Å². The third-order valence-corrected chi connectivity index (χ3v) is 4.70. The molecular weight excluding hydrogens is 288 g/mol. The summed E-state index contributed by atoms with van der Waals surface area (Å²) in [6, 6.07) is 2.16. The van der Waals surface area contributed by atoms with Crippen molar-refractivity contribution in [1.29, 1.82) is 0 Å². The van der Waals surface area contributed by atoms with Gasteiger partial charge in [0.2, 0.25) is 5.95 Å². The first-order chi connectivity index (χ1) is 9.74. The van der Waals surface area contributed by atoms with Crippen molar-refractivity contribution in [2.75, 3.05) is 36.2 Å². The van der Waals surface area contributed by atoms with Crippen LogP contribution in [0.3, 0.4) is 0 Å². The molecule has 0 saturated heterocycles. The Morgan fingerprint density at radius 3 is 2.85 bits per heavy atom. The van der Waals surface area contributed by atoms with Crippen molar-refractivity contribution in [3.05, 3.63) is 10.9 Å². The van der Waals surface area contributed by atoms with Crippen molar-refractivity contribution in [2.24, 2.45) is 0 Å². The number of rotatable bonds is 8. The molecule has 0 fully saturated rings. The molecule has 0 bridgehead atoms. The van der Waals surface area contributed by atoms with E-state index in [0.29, 0.717) is 5.95 Å². The van der Waals surface area contributed by atoms with Gasteiger partial charge in [0.15, 0.2) is 0 Å². The fourth-order valence-corrected chi connectivity index (χ4v) is 3.42. The molecule has 0 aliphatic rings. The molecule has 0 saturated carbocycles. The maximum atomic E-state index is 4.54. The van der Waals surface area contributed by atoms with Gasteiger partial charge in [-0.25, -0.2) is 4.98 Å². The van der Waals surface area contributed by atoms with Crippen LogP contribution < -0.4 is 10.6 Å². The lowest BCUT2D eigenvalue weighted by Gasteiger charge is -2.08. The van der Waals surface area contributed by atoms with Crippen LogP contribution in [0.2, 0.25) is 0 Å². The highest BCUT2D eigenvalue weighted by molar-refractivity contribution is 7.98. The molecule has 2 rings (SSSR count). The van der Waals surface area contributed by atoms with Crippen molar-refractivity contribution in [2.45, 2.75) is 26.2 Å². The Kier molecular flexibility index (Phi) is 5.91. The first-order valence-corrected chi connectivity index (χ1v) is 9.14. The third kappa shape index (κ3) is 3.99. The number of thiophene rings is 1. The van der Waals surface area contributed by atoms with Gasteiger partial charge in [-0.15, -0.1) is 11.3 Å². The highest BCUT2D eigenvalue weighted by atomic mass is 32.2. The summed E-state index contributed by atoms with van der Waals surface area (Å²) in [5, 5.41) is 7.62. The van der Waals surface area contributed by atoms with E-state index in [1.165, 1.54) is 29.9 Å². The predicted molar refractivity (Wildman–Crippen MR) is 92.4 cm³/mol. The summed E-state index contributed by atoms with van der Waals surface area (Å²) < 4.78 is 0. The molecule has 0 aliphatic carbocycles. The quantitative estimate of drug-likeness (QED) is 0.722. The Labute approximate surface area is 128 Å². The maximum absolute atomic E-state index is 4.54. The van der Waals surface area contributed by atoms with E-state index in [0.717, 1.165) is 22.6 Å². The molecule has 0 amide bonds. The van der Waals surface area contributed by atoms with Gasteiger partial charge in [-0.1, -0.05) is 6.42 Å². The molecule has 20 heavy (non-hydrogen) atoms. The molecule has 2 aromatic heterocycles. The van der Waals surface area contributed by atoms with Gasteiger partial charge in [0, 0.05) is 18.5 Å². The Balaban J connectivity index is 2.00. The van der Waals surface area contributed by atoms with Gasteiger partial charge >= 0.3 is 0 Å². The van der Waals surface area contributed by atoms with Crippen molar-refractivity contribution in [3.8, 4) is 0 Å². The topological polar surface area (TPSA) is 49.8 Å². The average molecular weight is 310 g/mol. The molecule has 0 aliphatic heterocycles. The average Bonchev–Trinajstić information content (AvgIpc) is 2.82. The lowest BCUT2D eigenvalue weighted by atomic mass is 10.2. The van der Waals surface area contributed by atoms with Gasteiger partial charge in [0.05, 0.1) is 5.39 Å². The summed E-state index contributed by atoms with van der Waals surface area (Å²) in [6.45, 7) is 3.08. The molecule has 0 aromatic carbocycles. The highest BCUT2D eigenvalue weighted by Gasteiger charge is 2.09. The number of aromatic nitrogens is 2. The van der Waals surface area contributed by atoms with E-state index < -0.39 is 0 Å². The van der Waals surface area contributed by atoms with Gasteiger partial charge in [0.25, 0.3) is 0 Å².